The number of aromatic nitrogens is 2. The van der Waals surface area contributed by atoms with Crippen LogP contribution in [0.25, 0.3) is 10.6 Å². The van der Waals surface area contributed by atoms with Crippen LogP contribution in [0, 0.1) is 0 Å². The van der Waals surface area contributed by atoms with Gasteiger partial charge in [-0.2, -0.15) is 0 Å². The molecule has 0 bridgehead atoms. The van der Waals surface area contributed by atoms with Gasteiger partial charge in [0.2, 0.25) is 5.91 Å². The summed E-state index contributed by atoms with van der Waals surface area (Å²) < 4.78 is 5.48. The number of hydrogen-bond acceptors (Lipinski definition) is 6. The Morgan fingerprint density at radius 1 is 1.41 bits per heavy atom. The molecule has 1 saturated heterocycles. The average molecular weight is 318 g/mol. The number of carbonyl (C=O) groups is 1. The highest BCUT2D eigenvalue weighted by Crippen LogP contribution is 2.22. The third-order valence-corrected chi connectivity index (χ3v) is 4.47. The molecule has 0 saturated carbocycles. The fourth-order valence-electron chi connectivity index (χ4n) is 2.32. The first kappa shape index (κ1) is 15.1. The van der Waals surface area contributed by atoms with Crippen LogP contribution in [0.5, 0.6) is 0 Å². The van der Waals surface area contributed by atoms with E-state index in [-0.39, 0.29) is 18.1 Å². The minimum Gasteiger partial charge on any atom is -0.375 e. The molecule has 3 rings (SSSR count). The van der Waals surface area contributed by atoms with Crippen LogP contribution in [-0.2, 0) is 16.1 Å². The van der Waals surface area contributed by atoms with Crippen molar-refractivity contribution in [3.05, 3.63) is 35.3 Å². The van der Waals surface area contributed by atoms with Crippen molar-refractivity contribution in [3.8, 4) is 10.6 Å². The number of hydrogen-bond donors (Lipinski definition) is 2. The Morgan fingerprint density at radius 2 is 2.23 bits per heavy atom. The maximum absolute atomic E-state index is 12.2. The topological polar surface area (TPSA) is 76.1 Å². The van der Waals surface area contributed by atoms with Gasteiger partial charge < -0.3 is 15.4 Å². The Hall–Kier alpha value is -1.83. The summed E-state index contributed by atoms with van der Waals surface area (Å²) in [6, 6.07) is 9.58. The number of carbonyl (C=O) groups excluding carboxylic acids is 1. The van der Waals surface area contributed by atoms with Crippen LogP contribution in [0.15, 0.2) is 30.3 Å². The van der Waals surface area contributed by atoms with Crippen molar-refractivity contribution < 1.29 is 9.53 Å². The van der Waals surface area contributed by atoms with Gasteiger partial charge in [0.15, 0.2) is 0 Å². The quantitative estimate of drug-likeness (QED) is 0.886. The van der Waals surface area contributed by atoms with Crippen LogP contribution in [0.2, 0.25) is 0 Å². The van der Waals surface area contributed by atoms with E-state index in [1.165, 1.54) is 11.3 Å². The normalized spacial score (nSPS) is 21.5. The zero-order valence-corrected chi connectivity index (χ0v) is 13.1. The summed E-state index contributed by atoms with van der Waals surface area (Å²) in [5.41, 5.74) is 1.04. The maximum atomic E-state index is 12.2. The summed E-state index contributed by atoms with van der Waals surface area (Å²) in [5.74, 6) is -0.0661. The van der Waals surface area contributed by atoms with Gasteiger partial charge in [0, 0.05) is 12.1 Å². The lowest BCUT2D eigenvalue weighted by Crippen LogP contribution is -2.55. The predicted octanol–water partition coefficient (Wildman–Crippen LogP) is 1.20. The van der Waals surface area contributed by atoms with Crippen molar-refractivity contribution in [2.45, 2.75) is 25.6 Å². The van der Waals surface area contributed by atoms with E-state index >= 15 is 0 Å². The van der Waals surface area contributed by atoms with Crippen LogP contribution >= 0.6 is 11.3 Å². The second-order valence-electron chi connectivity index (χ2n) is 5.09. The lowest BCUT2D eigenvalue weighted by atomic mass is 10.1. The Kier molecular flexibility index (Phi) is 4.77. The lowest BCUT2D eigenvalue weighted by molar-refractivity contribution is -0.129. The second-order valence-corrected chi connectivity index (χ2v) is 6.15. The molecule has 6 nitrogen and oxygen atoms in total. The van der Waals surface area contributed by atoms with Crippen LogP contribution < -0.4 is 10.6 Å². The van der Waals surface area contributed by atoms with E-state index in [2.05, 4.69) is 20.8 Å². The third-order valence-electron chi connectivity index (χ3n) is 3.50. The van der Waals surface area contributed by atoms with Crippen molar-refractivity contribution in [2.75, 3.05) is 13.2 Å². The number of nitrogens with zero attached hydrogens (tertiary/aromatic N) is 2. The van der Waals surface area contributed by atoms with E-state index in [1.807, 2.05) is 37.3 Å². The van der Waals surface area contributed by atoms with Gasteiger partial charge in [-0.3, -0.25) is 4.79 Å². The highest BCUT2D eigenvalue weighted by molar-refractivity contribution is 7.14. The lowest BCUT2D eigenvalue weighted by Gasteiger charge is -2.29. The molecule has 2 heterocycles. The molecule has 7 heteroatoms. The Balaban J connectivity index is 1.58. The third kappa shape index (κ3) is 3.49. The SMILES string of the molecule is C[C@H]1OCCN[C@@H]1C(=O)NCc1nnc(-c2ccccc2)s1. The van der Waals surface area contributed by atoms with Crippen molar-refractivity contribution >= 4 is 17.2 Å². The molecular weight excluding hydrogens is 300 g/mol. The van der Waals surface area contributed by atoms with Gasteiger partial charge in [-0.15, -0.1) is 10.2 Å². The standard InChI is InChI=1S/C15H18N4O2S/c1-10-13(16-7-8-21-10)14(20)17-9-12-18-19-15(22-12)11-5-3-2-4-6-11/h2-6,10,13,16H,7-9H2,1H3,(H,17,20)/t10-,13+/m1/s1. The summed E-state index contributed by atoms with van der Waals surface area (Å²) >= 11 is 1.49. The van der Waals surface area contributed by atoms with E-state index in [1.54, 1.807) is 0 Å². The molecule has 2 N–H and O–H groups in total. The molecule has 1 fully saturated rings. The number of nitrogens with one attached hydrogen (secondary N) is 2. The van der Waals surface area contributed by atoms with Gasteiger partial charge in [0.1, 0.15) is 16.1 Å². The second kappa shape index (κ2) is 6.95. The molecular formula is C15H18N4O2S. The maximum Gasteiger partial charge on any atom is 0.240 e. The first-order valence-electron chi connectivity index (χ1n) is 7.24. The summed E-state index contributed by atoms with van der Waals surface area (Å²) in [6.07, 6.45) is -0.122. The molecule has 22 heavy (non-hydrogen) atoms. The number of amides is 1. The summed E-state index contributed by atoms with van der Waals surface area (Å²) in [5, 5.41) is 16.0. The zero-order chi connectivity index (χ0) is 15.4. The number of morpholine rings is 1. The molecule has 1 amide bonds. The van der Waals surface area contributed by atoms with Gasteiger partial charge in [0.05, 0.1) is 19.3 Å². The van der Waals surface area contributed by atoms with E-state index in [4.69, 9.17) is 4.74 Å². The first-order valence-corrected chi connectivity index (χ1v) is 8.06. The van der Waals surface area contributed by atoms with E-state index in [0.29, 0.717) is 19.7 Å². The van der Waals surface area contributed by atoms with Gasteiger partial charge in [0.25, 0.3) is 0 Å². The molecule has 1 aromatic carbocycles. The molecule has 1 aliphatic rings. The molecule has 0 aliphatic carbocycles. The summed E-state index contributed by atoms with van der Waals surface area (Å²) in [4.78, 5) is 12.2. The molecule has 2 atom stereocenters. The highest BCUT2D eigenvalue weighted by atomic mass is 32.1. The molecule has 1 aliphatic heterocycles. The summed E-state index contributed by atoms with van der Waals surface area (Å²) in [6.45, 7) is 3.62. The van der Waals surface area contributed by atoms with Crippen molar-refractivity contribution in [1.82, 2.24) is 20.8 Å². The number of rotatable bonds is 4. The smallest absolute Gasteiger partial charge is 0.240 e. The predicted molar refractivity (Wildman–Crippen MR) is 84.4 cm³/mol. The van der Waals surface area contributed by atoms with Gasteiger partial charge in [-0.25, -0.2) is 0 Å². The van der Waals surface area contributed by atoms with Crippen molar-refractivity contribution in [1.29, 1.82) is 0 Å². The van der Waals surface area contributed by atoms with Crippen molar-refractivity contribution in [3.63, 3.8) is 0 Å². The van der Waals surface area contributed by atoms with Gasteiger partial charge in [-0.05, 0) is 6.92 Å². The summed E-state index contributed by atoms with van der Waals surface area (Å²) in [7, 11) is 0. The average Bonchev–Trinajstić information content (AvgIpc) is 3.03. The van der Waals surface area contributed by atoms with Gasteiger partial charge >= 0.3 is 0 Å². The fraction of sp³-hybridized carbons (Fsp3) is 0.400. The Bertz CT molecular complexity index is 631. The first-order chi connectivity index (χ1) is 10.7. The molecule has 2 aromatic rings. The molecule has 0 radical (unpaired) electrons. The highest BCUT2D eigenvalue weighted by Gasteiger charge is 2.28. The zero-order valence-electron chi connectivity index (χ0n) is 12.3. The Morgan fingerprint density at radius 3 is 3.00 bits per heavy atom. The molecule has 1 aromatic heterocycles. The molecule has 0 unspecified atom stereocenters. The van der Waals surface area contributed by atoms with Gasteiger partial charge in [-0.1, -0.05) is 41.7 Å². The largest absolute Gasteiger partial charge is 0.375 e. The minimum absolute atomic E-state index is 0.0661. The molecule has 116 valence electrons. The number of benzene rings is 1. The van der Waals surface area contributed by atoms with E-state index in [0.717, 1.165) is 15.6 Å². The van der Waals surface area contributed by atoms with E-state index in [9.17, 15) is 4.79 Å². The van der Waals surface area contributed by atoms with Crippen LogP contribution in [0.3, 0.4) is 0 Å². The fourth-order valence-corrected chi connectivity index (χ4v) is 3.11. The number of ether oxygens (including phenoxy) is 1. The van der Waals surface area contributed by atoms with Crippen LogP contribution in [0.1, 0.15) is 11.9 Å². The minimum atomic E-state index is -0.310. The Labute approximate surface area is 132 Å². The van der Waals surface area contributed by atoms with E-state index < -0.39 is 0 Å². The molecule has 0 spiro atoms. The van der Waals surface area contributed by atoms with Crippen LogP contribution in [0.4, 0.5) is 0 Å². The van der Waals surface area contributed by atoms with Crippen LogP contribution in [-0.4, -0.2) is 41.4 Å². The van der Waals surface area contributed by atoms with Crippen molar-refractivity contribution in [2.24, 2.45) is 0 Å². The monoisotopic (exact) mass is 318 g/mol.